The third-order valence-corrected chi connectivity index (χ3v) is 1.64. The van der Waals surface area contributed by atoms with Gasteiger partial charge in [0.05, 0.1) is 0 Å². The minimum atomic E-state index is -5.73. The minimum Gasteiger partial charge on any atom is -0.753 e. The summed E-state index contributed by atoms with van der Waals surface area (Å²) < 4.78 is 113. The molecule has 0 amide bonds. The van der Waals surface area contributed by atoms with Gasteiger partial charge < -0.3 is 18.8 Å². The summed E-state index contributed by atoms with van der Waals surface area (Å²) in [5.74, 6) is 0. The van der Waals surface area contributed by atoms with Gasteiger partial charge in [0.15, 0.2) is 13.2 Å². The Bertz CT molecular complexity index is 336. The van der Waals surface area contributed by atoms with E-state index < -0.39 is 41.4 Å². The molecule has 0 aliphatic rings. The van der Waals surface area contributed by atoms with E-state index in [0.717, 1.165) is 0 Å². The molecule has 17 heteroatoms. The van der Waals surface area contributed by atoms with E-state index in [0.29, 0.717) is 0 Å². The standard InChI is InChI=1S/2C2H3F4O3P.Ni/c2*3-2(4,5)1-9-10(6,7)8;/h2*1H2,(H,7,8);/q;;+2/p-2. The van der Waals surface area contributed by atoms with E-state index >= 15 is 0 Å². The fourth-order valence-electron chi connectivity index (χ4n) is 0.301. The zero-order valence-electron chi connectivity index (χ0n) is 9.10. The molecule has 0 spiro atoms. The van der Waals surface area contributed by atoms with Crippen LogP contribution in [0.1, 0.15) is 0 Å². The van der Waals surface area contributed by atoms with Crippen molar-refractivity contribution in [2.45, 2.75) is 12.4 Å². The van der Waals surface area contributed by atoms with Crippen molar-refractivity contribution in [3.8, 4) is 0 Å². The minimum absolute atomic E-state index is 0. The van der Waals surface area contributed by atoms with Crippen LogP contribution in [-0.2, 0) is 34.7 Å². The number of rotatable bonds is 4. The van der Waals surface area contributed by atoms with Crippen molar-refractivity contribution in [2.24, 2.45) is 0 Å². The maximum atomic E-state index is 11.2. The SMILES string of the molecule is O=P([O-])(F)OCC(F)(F)F.O=P([O-])(F)OCC(F)(F)F.[Ni+2]. The zero-order chi connectivity index (χ0) is 16.8. The number of alkyl halides is 6. The molecule has 132 valence electrons. The summed E-state index contributed by atoms with van der Waals surface area (Å²) in [5.41, 5.74) is 0. The molecular formula is C4H4F8NiO6P2. The maximum absolute atomic E-state index is 11.2. The second-order valence-corrected chi connectivity index (χ2v) is 4.88. The molecule has 0 heterocycles. The molecule has 0 aromatic heterocycles. The van der Waals surface area contributed by atoms with Crippen LogP contribution in [0.3, 0.4) is 0 Å². The summed E-state index contributed by atoms with van der Waals surface area (Å²) in [6.45, 7) is -4.24. The Morgan fingerprint density at radius 3 is 1.00 bits per heavy atom. The van der Waals surface area contributed by atoms with E-state index in [2.05, 4.69) is 9.05 Å². The molecule has 0 radical (unpaired) electrons. The molecule has 0 saturated carbocycles. The van der Waals surface area contributed by atoms with Gasteiger partial charge in [0, 0.05) is 0 Å². The van der Waals surface area contributed by atoms with Crippen LogP contribution in [0.15, 0.2) is 0 Å². The maximum Gasteiger partial charge on any atom is 2.00 e. The molecule has 2 unspecified atom stereocenters. The van der Waals surface area contributed by atoms with E-state index in [4.69, 9.17) is 0 Å². The Morgan fingerprint density at radius 1 is 0.762 bits per heavy atom. The van der Waals surface area contributed by atoms with Gasteiger partial charge in [-0.25, -0.2) is 0 Å². The monoisotopic (exact) mass is 420 g/mol. The molecule has 0 fully saturated rings. The molecule has 0 aromatic rings. The molecule has 0 aliphatic carbocycles. The van der Waals surface area contributed by atoms with Crippen molar-refractivity contribution in [1.82, 2.24) is 0 Å². The van der Waals surface area contributed by atoms with Crippen LogP contribution in [-0.4, -0.2) is 25.6 Å². The summed E-state index contributed by atoms with van der Waals surface area (Å²) in [6, 6.07) is 0. The Balaban J connectivity index is -0.000000295. The number of halogens is 8. The van der Waals surface area contributed by atoms with Gasteiger partial charge in [0.2, 0.25) is 0 Å². The van der Waals surface area contributed by atoms with Gasteiger partial charge >= 0.3 is 44.7 Å². The molecular weight excluding hydrogens is 417 g/mol. The number of hydrogen-bond acceptors (Lipinski definition) is 6. The van der Waals surface area contributed by atoms with Gasteiger partial charge in [-0.15, -0.1) is 0 Å². The topological polar surface area (TPSA) is 98.7 Å². The van der Waals surface area contributed by atoms with E-state index in [-0.39, 0.29) is 16.5 Å². The largest absolute Gasteiger partial charge is 2.00 e. The third-order valence-electron chi connectivity index (χ3n) is 0.765. The van der Waals surface area contributed by atoms with Crippen LogP contribution >= 0.6 is 15.8 Å². The first kappa shape index (κ1) is 26.1. The van der Waals surface area contributed by atoms with Gasteiger partial charge in [-0.3, -0.25) is 9.13 Å². The molecule has 21 heavy (non-hydrogen) atoms. The summed E-state index contributed by atoms with van der Waals surface area (Å²) >= 11 is 0. The summed E-state index contributed by atoms with van der Waals surface area (Å²) in [6.07, 6.45) is -9.65. The van der Waals surface area contributed by atoms with Crippen LogP contribution in [0.25, 0.3) is 0 Å². The number of hydrogen-bond donors (Lipinski definition) is 0. The van der Waals surface area contributed by atoms with Gasteiger partial charge in [0.25, 0.3) is 0 Å². The second kappa shape index (κ2) is 9.39. The van der Waals surface area contributed by atoms with E-state index in [9.17, 15) is 53.7 Å². The van der Waals surface area contributed by atoms with Crippen LogP contribution in [0, 0.1) is 0 Å². The van der Waals surface area contributed by atoms with Crippen molar-refractivity contribution >= 4 is 15.8 Å². The van der Waals surface area contributed by atoms with Gasteiger partial charge in [-0.05, 0) is 0 Å². The Labute approximate surface area is 121 Å². The molecule has 0 aromatic carbocycles. The van der Waals surface area contributed by atoms with Crippen LogP contribution in [0.5, 0.6) is 0 Å². The Hall–Kier alpha value is 0.234. The molecule has 0 rings (SSSR count). The van der Waals surface area contributed by atoms with E-state index in [1.54, 1.807) is 0 Å². The average Bonchev–Trinajstić information content (AvgIpc) is 2.09. The molecule has 2 atom stereocenters. The summed E-state index contributed by atoms with van der Waals surface area (Å²) in [7, 11) is -11.5. The van der Waals surface area contributed by atoms with Crippen LogP contribution < -0.4 is 9.79 Å². The smallest absolute Gasteiger partial charge is 0.753 e. The van der Waals surface area contributed by atoms with Gasteiger partial charge in [-0.1, -0.05) is 0 Å². The Morgan fingerprint density at radius 2 is 0.952 bits per heavy atom. The normalized spacial score (nSPS) is 17.6. The fraction of sp³-hybridized carbons (Fsp3) is 1.00. The van der Waals surface area contributed by atoms with Gasteiger partial charge in [-0.2, -0.15) is 34.7 Å². The first-order valence-corrected chi connectivity index (χ1v) is 6.72. The predicted molar refractivity (Wildman–Crippen MR) is 41.4 cm³/mol. The average molecular weight is 421 g/mol. The van der Waals surface area contributed by atoms with Crippen molar-refractivity contribution in [1.29, 1.82) is 0 Å². The van der Waals surface area contributed by atoms with Gasteiger partial charge in [0.1, 0.15) is 0 Å². The van der Waals surface area contributed by atoms with Crippen molar-refractivity contribution in [3.63, 3.8) is 0 Å². The first-order valence-electron chi connectivity index (χ1n) is 3.85. The molecule has 0 aliphatic heterocycles. The van der Waals surface area contributed by atoms with Crippen LogP contribution in [0.4, 0.5) is 34.7 Å². The zero-order valence-corrected chi connectivity index (χ0v) is 11.9. The summed E-state index contributed by atoms with van der Waals surface area (Å²) in [4.78, 5) is 18.6. The predicted octanol–water partition coefficient (Wildman–Crippen LogP) is 2.00. The fourth-order valence-corrected chi connectivity index (χ4v) is 0.902. The molecule has 0 N–H and O–H groups in total. The van der Waals surface area contributed by atoms with Crippen molar-refractivity contribution in [3.05, 3.63) is 0 Å². The Kier molecular flexibility index (Phi) is 11.7. The molecule has 0 bridgehead atoms. The molecule has 6 nitrogen and oxygen atoms in total. The van der Waals surface area contributed by atoms with Crippen molar-refractivity contribution in [2.75, 3.05) is 13.2 Å². The van der Waals surface area contributed by atoms with Crippen LogP contribution in [0.2, 0.25) is 0 Å². The first-order chi connectivity index (χ1) is 8.41. The second-order valence-electron chi connectivity index (χ2n) is 2.64. The quantitative estimate of drug-likeness (QED) is 0.392. The third kappa shape index (κ3) is 33.2. The van der Waals surface area contributed by atoms with E-state index in [1.807, 2.05) is 0 Å². The summed E-state index contributed by atoms with van der Waals surface area (Å²) in [5, 5.41) is 0. The van der Waals surface area contributed by atoms with Crippen molar-refractivity contribution < 1.29 is 79.2 Å². The van der Waals surface area contributed by atoms with E-state index in [1.165, 1.54) is 0 Å². The molecule has 0 saturated heterocycles.